The highest BCUT2D eigenvalue weighted by Gasteiger charge is 2.77. The summed E-state index contributed by atoms with van der Waals surface area (Å²) in [5.74, 6) is -2.72. The van der Waals surface area contributed by atoms with E-state index in [1.54, 1.807) is 6.92 Å². The summed E-state index contributed by atoms with van der Waals surface area (Å²) in [4.78, 5) is 25.2. The highest BCUT2D eigenvalue weighted by molar-refractivity contribution is 8.14. The first-order valence-electron chi connectivity index (χ1n) is 9.69. The quantitative estimate of drug-likeness (QED) is 0.526. The maximum atomic E-state index is 14.7. The lowest BCUT2D eigenvalue weighted by Crippen LogP contribution is -2.32. The van der Waals surface area contributed by atoms with E-state index in [9.17, 15) is 18.0 Å². The summed E-state index contributed by atoms with van der Waals surface area (Å²) in [5, 5.41) is -1.05. The number of carbonyl (C=O) groups is 1. The molecule has 2 aromatic rings. The summed E-state index contributed by atoms with van der Waals surface area (Å²) in [7, 11) is 0. The number of hydrogen-bond donors (Lipinski definition) is 1. The van der Waals surface area contributed by atoms with Gasteiger partial charge in [-0.15, -0.1) is 6.42 Å². The van der Waals surface area contributed by atoms with Gasteiger partial charge in [0.2, 0.25) is 5.88 Å². The zero-order valence-corrected chi connectivity index (χ0v) is 18.0. The monoisotopic (exact) mass is 460 g/mol. The highest BCUT2D eigenvalue weighted by atomic mass is 32.2. The third kappa shape index (κ3) is 3.71. The van der Waals surface area contributed by atoms with Gasteiger partial charge in [-0.3, -0.25) is 9.79 Å². The molecule has 0 bridgehead atoms. The fourth-order valence-corrected chi connectivity index (χ4v) is 5.37. The van der Waals surface area contributed by atoms with Crippen molar-refractivity contribution in [3.05, 3.63) is 52.7 Å². The Morgan fingerprint density at radius 1 is 1.41 bits per heavy atom. The van der Waals surface area contributed by atoms with Crippen LogP contribution in [-0.2, 0) is 12.0 Å². The Hall–Kier alpha value is -3.06. The SMILES string of the molecule is C#CCOc1cnc(C(=O)Cc2ccc(F)c([C@@]3(C)N=C(N)S[C@@H]4[C@H]3C4(F)F)c2)c(C)n1. The number of nitrogens with two attached hydrogens (primary N) is 1. The lowest BCUT2D eigenvalue weighted by molar-refractivity contribution is 0.0818. The average molecular weight is 460 g/mol. The number of halogens is 3. The summed E-state index contributed by atoms with van der Waals surface area (Å²) in [6.07, 6.45) is 6.31. The Kier molecular flexibility index (Phi) is 5.41. The Bertz CT molecular complexity index is 1180. The van der Waals surface area contributed by atoms with E-state index in [4.69, 9.17) is 16.9 Å². The van der Waals surface area contributed by atoms with Crippen LogP contribution in [0.1, 0.15) is 34.2 Å². The van der Waals surface area contributed by atoms with Crippen molar-refractivity contribution < 1.29 is 22.7 Å². The predicted octanol–water partition coefficient (Wildman–Crippen LogP) is 3.27. The number of rotatable bonds is 6. The second-order valence-electron chi connectivity index (χ2n) is 7.84. The molecule has 0 saturated heterocycles. The molecular weight excluding hydrogens is 441 g/mol. The molecule has 166 valence electrons. The van der Waals surface area contributed by atoms with Gasteiger partial charge in [0.05, 0.1) is 28.6 Å². The van der Waals surface area contributed by atoms with Gasteiger partial charge >= 0.3 is 0 Å². The van der Waals surface area contributed by atoms with Crippen LogP contribution in [0.5, 0.6) is 5.88 Å². The molecule has 1 fully saturated rings. The van der Waals surface area contributed by atoms with Gasteiger partial charge in [-0.1, -0.05) is 23.7 Å². The summed E-state index contributed by atoms with van der Waals surface area (Å²) < 4.78 is 48.6. The molecule has 32 heavy (non-hydrogen) atoms. The van der Waals surface area contributed by atoms with E-state index >= 15 is 0 Å². The standard InChI is InChI=1S/C22H19F3N4O2S/c1-4-7-31-16-10-27-17(11(2)28-16)15(30)9-12-5-6-14(23)13(8-12)21(3)18-19(22(18,24)25)32-20(26)29-21/h1,5-6,8,10,18-19H,7,9H2,2-3H3,(H2,26,29)/t18-,19-,21-/m1/s1. The molecule has 2 aliphatic rings. The van der Waals surface area contributed by atoms with Crippen molar-refractivity contribution in [2.45, 2.75) is 37.0 Å². The Balaban J connectivity index is 1.61. The van der Waals surface area contributed by atoms with Crippen LogP contribution in [-0.4, -0.2) is 38.7 Å². The smallest absolute Gasteiger partial charge is 0.267 e. The number of terminal acetylenes is 1. The number of alkyl halides is 2. The first-order valence-corrected chi connectivity index (χ1v) is 10.6. The van der Waals surface area contributed by atoms with Gasteiger partial charge in [-0.2, -0.15) is 0 Å². The minimum absolute atomic E-state index is 0.00940. The zero-order chi connectivity index (χ0) is 23.3. The predicted molar refractivity (Wildman–Crippen MR) is 114 cm³/mol. The van der Waals surface area contributed by atoms with Crippen molar-refractivity contribution in [2.24, 2.45) is 16.6 Å². The first kappa shape index (κ1) is 22.1. The molecule has 2 heterocycles. The van der Waals surface area contributed by atoms with Crippen LogP contribution in [0, 0.1) is 31.0 Å². The van der Waals surface area contributed by atoms with Crippen LogP contribution in [0.2, 0.25) is 0 Å². The number of ether oxygens (including phenoxy) is 1. The summed E-state index contributed by atoms with van der Waals surface area (Å²) >= 11 is 0.810. The number of carbonyl (C=O) groups excluding carboxylic acids is 1. The van der Waals surface area contributed by atoms with Crippen LogP contribution in [0.15, 0.2) is 29.4 Å². The van der Waals surface area contributed by atoms with Gasteiger partial charge in [-0.05, 0) is 31.5 Å². The molecule has 0 radical (unpaired) electrons. The van der Waals surface area contributed by atoms with Crippen LogP contribution in [0.4, 0.5) is 13.2 Å². The van der Waals surface area contributed by atoms with Crippen LogP contribution in [0.25, 0.3) is 0 Å². The van der Waals surface area contributed by atoms with E-state index in [1.807, 2.05) is 0 Å². The maximum absolute atomic E-state index is 14.7. The van der Waals surface area contributed by atoms with Gasteiger partial charge in [0, 0.05) is 12.0 Å². The number of aryl methyl sites for hydroxylation is 1. The number of thioether (sulfide) groups is 1. The number of fused-ring (bicyclic) bond motifs is 1. The van der Waals surface area contributed by atoms with Crippen LogP contribution < -0.4 is 10.5 Å². The molecule has 1 aliphatic heterocycles. The van der Waals surface area contributed by atoms with E-state index in [0.29, 0.717) is 11.3 Å². The first-order chi connectivity index (χ1) is 15.1. The van der Waals surface area contributed by atoms with Crippen molar-refractivity contribution in [3.8, 4) is 18.2 Å². The fraction of sp³-hybridized carbons (Fsp3) is 0.364. The largest absolute Gasteiger partial charge is 0.463 e. The molecule has 1 saturated carbocycles. The number of hydrogen-bond acceptors (Lipinski definition) is 7. The Morgan fingerprint density at radius 3 is 2.84 bits per heavy atom. The minimum atomic E-state index is -3.00. The molecule has 1 aromatic carbocycles. The van der Waals surface area contributed by atoms with Gasteiger partial charge in [0.25, 0.3) is 5.92 Å². The van der Waals surface area contributed by atoms with Crippen molar-refractivity contribution >= 4 is 22.7 Å². The zero-order valence-electron chi connectivity index (χ0n) is 17.2. The molecule has 2 N–H and O–H groups in total. The van der Waals surface area contributed by atoms with E-state index in [2.05, 4.69) is 20.9 Å². The minimum Gasteiger partial charge on any atom is -0.463 e. The third-order valence-electron chi connectivity index (χ3n) is 5.62. The summed E-state index contributed by atoms with van der Waals surface area (Å²) in [6, 6.07) is 3.99. The lowest BCUT2D eigenvalue weighted by atomic mass is 9.85. The number of amidine groups is 1. The fourth-order valence-electron chi connectivity index (χ4n) is 4.06. The molecule has 3 atom stereocenters. The number of Topliss-reactive ketones (excluding diaryl/α,β-unsaturated/α-hetero) is 1. The van der Waals surface area contributed by atoms with Crippen molar-refractivity contribution in [1.82, 2.24) is 9.97 Å². The van der Waals surface area contributed by atoms with Crippen molar-refractivity contribution in [3.63, 3.8) is 0 Å². The number of aliphatic imine (C=N–C) groups is 1. The van der Waals surface area contributed by atoms with Crippen LogP contribution >= 0.6 is 11.8 Å². The number of aromatic nitrogens is 2. The lowest BCUT2D eigenvalue weighted by Gasteiger charge is -2.29. The van der Waals surface area contributed by atoms with E-state index in [1.165, 1.54) is 25.3 Å². The van der Waals surface area contributed by atoms with Crippen LogP contribution in [0.3, 0.4) is 0 Å². The Morgan fingerprint density at radius 2 is 2.16 bits per heavy atom. The number of ketones is 1. The molecule has 0 amide bonds. The van der Waals surface area contributed by atoms with Crippen molar-refractivity contribution in [2.75, 3.05) is 6.61 Å². The van der Waals surface area contributed by atoms with Crippen molar-refractivity contribution in [1.29, 1.82) is 0 Å². The molecule has 0 spiro atoms. The van der Waals surface area contributed by atoms with E-state index in [0.717, 1.165) is 17.8 Å². The van der Waals surface area contributed by atoms with Gasteiger partial charge in [-0.25, -0.2) is 23.1 Å². The van der Waals surface area contributed by atoms with Gasteiger partial charge in [0.1, 0.15) is 11.5 Å². The topological polar surface area (TPSA) is 90.5 Å². The molecule has 10 heteroatoms. The Labute approximate surface area is 186 Å². The average Bonchev–Trinajstić information content (AvgIpc) is 3.28. The summed E-state index contributed by atoms with van der Waals surface area (Å²) in [5.41, 5.74) is 5.12. The third-order valence-corrected chi connectivity index (χ3v) is 6.79. The van der Waals surface area contributed by atoms with E-state index < -0.39 is 28.4 Å². The number of nitrogens with zero attached hydrogens (tertiary/aromatic N) is 3. The molecule has 0 unspecified atom stereocenters. The molecule has 1 aliphatic carbocycles. The van der Waals surface area contributed by atoms with Gasteiger partial charge < -0.3 is 10.5 Å². The van der Waals surface area contributed by atoms with E-state index in [-0.39, 0.29) is 41.1 Å². The number of benzene rings is 1. The highest BCUT2D eigenvalue weighted by Crippen LogP contribution is 2.66. The normalized spacial score (nSPS) is 25.3. The second kappa shape index (κ2) is 7.81. The molecule has 1 aromatic heterocycles. The molecule has 6 nitrogen and oxygen atoms in total. The molecular formula is C22H19F3N4O2S. The maximum Gasteiger partial charge on any atom is 0.267 e. The van der Waals surface area contributed by atoms with Gasteiger partial charge in [0.15, 0.2) is 17.6 Å². The summed E-state index contributed by atoms with van der Waals surface area (Å²) in [6.45, 7) is 3.07. The molecule has 4 rings (SSSR count). The second-order valence-corrected chi connectivity index (χ2v) is 9.00.